The van der Waals surface area contributed by atoms with E-state index in [1.165, 1.54) is 18.3 Å². The first kappa shape index (κ1) is 23.0. The molecule has 0 atom stereocenters. The Bertz CT molecular complexity index is 1180. The van der Waals surface area contributed by atoms with Crippen LogP contribution in [0.2, 0.25) is 5.02 Å². The summed E-state index contributed by atoms with van der Waals surface area (Å²) in [7, 11) is 0. The molecule has 1 aliphatic rings. The molecule has 3 aromatic rings. The highest BCUT2D eigenvalue weighted by atomic mass is 35.5. The van der Waals surface area contributed by atoms with Gasteiger partial charge in [-0.15, -0.1) is 0 Å². The van der Waals surface area contributed by atoms with E-state index in [9.17, 15) is 13.6 Å². The van der Waals surface area contributed by atoms with Gasteiger partial charge in [0.2, 0.25) is 5.91 Å². The zero-order chi connectivity index (χ0) is 23.6. The zero-order valence-electron chi connectivity index (χ0n) is 18.0. The molecule has 7 nitrogen and oxygen atoms in total. The van der Waals surface area contributed by atoms with Gasteiger partial charge in [0, 0.05) is 42.7 Å². The molecule has 0 spiro atoms. The van der Waals surface area contributed by atoms with E-state index in [0.717, 1.165) is 6.07 Å². The van der Waals surface area contributed by atoms with Gasteiger partial charge < -0.3 is 16.0 Å². The second kappa shape index (κ2) is 9.36. The molecular formula is C23H23ClF2N6O. The number of anilines is 1. The molecular weight excluding hydrogens is 450 g/mol. The fraction of sp³-hybridized carbons (Fsp3) is 0.304. The van der Waals surface area contributed by atoms with Gasteiger partial charge in [-0.05, 0) is 37.6 Å². The van der Waals surface area contributed by atoms with Gasteiger partial charge in [0.05, 0.1) is 16.9 Å². The summed E-state index contributed by atoms with van der Waals surface area (Å²) in [6, 6.07) is 4.96. The van der Waals surface area contributed by atoms with Crippen LogP contribution in [-0.2, 0) is 4.79 Å². The average molecular weight is 473 g/mol. The third kappa shape index (κ3) is 4.51. The molecule has 1 saturated heterocycles. The SMILES string of the molecule is CCNC1(C(N)=O)CCN(c2cnc(-c3ccc(F)cc3F)c(-c3ccncc3Cl)n2)CC1. The van der Waals surface area contributed by atoms with Gasteiger partial charge in [-0.1, -0.05) is 18.5 Å². The maximum absolute atomic E-state index is 14.6. The quantitative estimate of drug-likeness (QED) is 0.569. The molecule has 0 radical (unpaired) electrons. The van der Waals surface area contributed by atoms with Crippen molar-refractivity contribution in [2.24, 2.45) is 5.73 Å². The van der Waals surface area contributed by atoms with Crippen molar-refractivity contribution in [3.63, 3.8) is 0 Å². The van der Waals surface area contributed by atoms with Crippen molar-refractivity contribution in [3.8, 4) is 22.5 Å². The number of piperidine rings is 1. The summed E-state index contributed by atoms with van der Waals surface area (Å²) >= 11 is 6.37. The van der Waals surface area contributed by atoms with Crippen molar-refractivity contribution in [1.29, 1.82) is 0 Å². The summed E-state index contributed by atoms with van der Waals surface area (Å²) in [5.41, 5.74) is 6.13. The van der Waals surface area contributed by atoms with E-state index < -0.39 is 17.2 Å². The summed E-state index contributed by atoms with van der Waals surface area (Å²) in [4.78, 5) is 27.3. The fourth-order valence-electron chi connectivity index (χ4n) is 4.13. The van der Waals surface area contributed by atoms with Gasteiger partial charge in [0.25, 0.3) is 0 Å². The van der Waals surface area contributed by atoms with E-state index in [2.05, 4.69) is 15.3 Å². The van der Waals surface area contributed by atoms with Crippen molar-refractivity contribution < 1.29 is 13.6 Å². The van der Waals surface area contributed by atoms with Crippen molar-refractivity contribution in [2.45, 2.75) is 25.3 Å². The third-order valence-electron chi connectivity index (χ3n) is 5.90. The van der Waals surface area contributed by atoms with Gasteiger partial charge in [0.15, 0.2) is 0 Å². The number of likely N-dealkylation sites (N-methyl/N-ethyl adjacent to an activating group) is 1. The molecule has 1 fully saturated rings. The summed E-state index contributed by atoms with van der Waals surface area (Å²) < 4.78 is 28.1. The zero-order valence-corrected chi connectivity index (χ0v) is 18.7. The molecule has 2 aromatic heterocycles. The number of carbonyl (C=O) groups excluding carboxylic acids is 1. The van der Waals surface area contributed by atoms with Crippen LogP contribution in [0, 0.1) is 11.6 Å². The van der Waals surface area contributed by atoms with Gasteiger partial charge in [0.1, 0.15) is 28.7 Å². The smallest absolute Gasteiger partial charge is 0.237 e. The first-order valence-corrected chi connectivity index (χ1v) is 10.9. The minimum Gasteiger partial charge on any atom is -0.368 e. The maximum atomic E-state index is 14.6. The van der Waals surface area contributed by atoms with Crippen LogP contribution < -0.4 is 16.0 Å². The Balaban J connectivity index is 1.74. The molecule has 0 saturated carbocycles. The molecule has 1 aliphatic heterocycles. The number of carbonyl (C=O) groups is 1. The number of nitrogens with two attached hydrogens (primary N) is 1. The number of amides is 1. The second-order valence-corrected chi connectivity index (χ2v) is 8.28. The number of halogens is 3. The first-order valence-electron chi connectivity index (χ1n) is 10.6. The molecule has 3 N–H and O–H groups in total. The van der Waals surface area contributed by atoms with E-state index in [1.54, 1.807) is 18.5 Å². The topological polar surface area (TPSA) is 97.0 Å². The lowest BCUT2D eigenvalue weighted by atomic mass is 9.86. The van der Waals surface area contributed by atoms with Crippen LogP contribution >= 0.6 is 11.6 Å². The lowest BCUT2D eigenvalue weighted by molar-refractivity contribution is -0.125. The molecule has 10 heteroatoms. The van der Waals surface area contributed by atoms with Crippen LogP contribution in [0.3, 0.4) is 0 Å². The van der Waals surface area contributed by atoms with Gasteiger partial charge >= 0.3 is 0 Å². The number of hydrogen-bond acceptors (Lipinski definition) is 6. The summed E-state index contributed by atoms with van der Waals surface area (Å²) in [6.45, 7) is 3.61. The standard InChI is InChI=1S/C23H23ClF2N6O/c1-2-30-23(22(27)33)6-9-32(10-7-23)19-13-29-20(16-4-3-14(25)11-18(16)26)21(31-19)15-5-8-28-12-17(15)24/h3-5,8,11-13,30H,2,6-7,9-10H2,1H3,(H2,27,33). The number of nitrogens with zero attached hydrogens (tertiary/aromatic N) is 4. The molecule has 0 aliphatic carbocycles. The molecule has 33 heavy (non-hydrogen) atoms. The first-order chi connectivity index (χ1) is 15.8. The summed E-state index contributed by atoms with van der Waals surface area (Å²) in [5.74, 6) is -1.25. The van der Waals surface area contributed by atoms with Crippen LogP contribution in [0.1, 0.15) is 19.8 Å². The average Bonchev–Trinajstić information content (AvgIpc) is 2.80. The Morgan fingerprint density at radius 3 is 2.58 bits per heavy atom. The van der Waals surface area contributed by atoms with Crippen LogP contribution in [0.4, 0.5) is 14.6 Å². The van der Waals surface area contributed by atoms with E-state index in [-0.39, 0.29) is 17.2 Å². The highest BCUT2D eigenvalue weighted by Crippen LogP contribution is 2.36. The summed E-state index contributed by atoms with van der Waals surface area (Å²) in [5, 5.41) is 3.55. The Morgan fingerprint density at radius 2 is 1.94 bits per heavy atom. The Kier molecular flexibility index (Phi) is 6.53. The number of aromatic nitrogens is 3. The Labute approximate surface area is 195 Å². The van der Waals surface area contributed by atoms with E-state index >= 15 is 0 Å². The largest absolute Gasteiger partial charge is 0.368 e. The molecule has 1 aromatic carbocycles. The number of hydrogen-bond donors (Lipinski definition) is 2. The van der Waals surface area contributed by atoms with Crippen LogP contribution in [0.15, 0.2) is 42.9 Å². The monoisotopic (exact) mass is 472 g/mol. The minimum absolute atomic E-state index is 0.108. The number of pyridine rings is 1. The van der Waals surface area contributed by atoms with Crippen molar-refractivity contribution in [2.75, 3.05) is 24.5 Å². The predicted molar refractivity (Wildman–Crippen MR) is 123 cm³/mol. The van der Waals surface area contributed by atoms with E-state index in [4.69, 9.17) is 22.3 Å². The second-order valence-electron chi connectivity index (χ2n) is 7.87. The number of benzene rings is 1. The maximum Gasteiger partial charge on any atom is 0.237 e. The Morgan fingerprint density at radius 1 is 1.18 bits per heavy atom. The van der Waals surface area contributed by atoms with E-state index in [1.807, 2.05) is 11.8 Å². The molecule has 4 rings (SSSR count). The number of nitrogens with one attached hydrogen (secondary N) is 1. The molecule has 172 valence electrons. The van der Waals surface area contributed by atoms with Crippen LogP contribution in [-0.4, -0.2) is 46.0 Å². The minimum atomic E-state index is -0.757. The van der Waals surface area contributed by atoms with Crippen LogP contribution in [0.25, 0.3) is 22.5 Å². The third-order valence-corrected chi connectivity index (χ3v) is 6.20. The summed E-state index contributed by atoms with van der Waals surface area (Å²) in [6.07, 6.45) is 5.59. The number of primary amides is 1. The fourth-order valence-corrected chi connectivity index (χ4v) is 4.34. The van der Waals surface area contributed by atoms with Crippen LogP contribution in [0.5, 0.6) is 0 Å². The van der Waals surface area contributed by atoms with Gasteiger partial charge in [-0.2, -0.15) is 0 Å². The molecule has 3 heterocycles. The lowest BCUT2D eigenvalue weighted by Crippen LogP contribution is -2.61. The van der Waals surface area contributed by atoms with Gasteiger partial charge in [-0.25, -0.2) is 18.7 Å². The van der Waals surface area contributed by atoms with Crippen molar-refractivity contribution in [1.82, 2.24) is 20.3 Å². The van der Waals surface area contributed by atoms with Gasteiger partial charge in [-0.3, -0.25) is 9.78 Å². The normalized spacial score (nSPS) is 15.5. The predicted octanol–water partition coefficient (Wildman–Crippen LogP) is 3.57. The molecule has 0 unspecified atom stereocenters. The van der Waals surface area contributed by atoms with Crippen molar-refractivity contribution in [3.05, 3.63) is 59.5 Å². The highest BCUT2D eigenvalue weighted by Gasteiger charge is 2.39. The lowest BCUT2D eigenvalue weighted by Gasteiger charge is -2.40. The number of rotatable bonds is 6. The highest BCUT2D eigenvalue weighted by molar-refractivity contribution is 6.33. The molecule has 0 bridgehead atoms. The van der Waals surface area contributed by atoms with E-state index in [0.29, 0.717) is 54.6 Å². The Hall–Kier alpha value is -3.17. The van der Waals surface area contributed by atoms with Crippen molar-refractivity contribution >= 4 is 23.3 Å². The molecule has 1 amide bonds.